The Balaban J connectivity index is 1.99. The highest BCUT2D eigenvalue weighted by Crippen LogP contribution is 2.16. The van der Waals surface area contributed by atoms with Gasteiger partial charge >= 0.3 is 6.09 Å². The molecular weight excluding hydrogens is 282 g/mol. The topological polar surface area (TPSA) is 59.0 Å². The van der Waals surface area contributed by atoms with E-state index >= 15 is 0 Å². The monoisotopic (exact) mass is 301 g/mol. The van der Waals surface area contributed by atoms with E-state index in [0.717, 1.165) is 10.6 Å². The molecular formula is C17H19NO4. The molecule has 0 heterocycles. The van der Waals surface area contributed by atoms with Crippen LogP contribution in [0.2, 0.25) is 0 Å². The second-order valence-corrected chi connectivity index (χ2v) is 4.99. The number of amides is 1. The summed E-state index contributed by atoms with van der Waals surface area (Å²) < 4.78 is 5.58. The van der Waals surface area contributed by atoms with Gasteiger partial charge < -0.3 is 14.7 Å². The van der Waals surface area contributed by atoms with Gasteiger partial charge in [-0.3, -0.25) is 0 Å². The van der Waals surface area contributed by atoms with Gasteiger partial charge in [0, 0.05) is 0 Å². The largest absolute Gasteiger partial charge is 0.491 e. The number of nitrogens with zero attached hydrogens (tertiary/aromatic N) is 1. The third-order valence-corrected chi connectivity index (χ3v) is 3.02. The van der Waals surface area contributed by atoms with Crippen LogP contribution in [0, 0.1) is 6.92 Å². The number of rotatable bonds is 6. The lowest BCUT2D eigenvalue weighted by Gasteiger charge is -2.25. The molecule has 1 amide bonds. The van der Waals surface area contributed by atoms with Gasteiger partial charge in [-0.2, -0.15) is 0 Å². The van der Waals surface area contributed by atoms with Crippen molar-refractivity contribution in [2.24, 2.45) is 0 Å². The molecule has 116 valence electrons. The van der Waals surface area contributed by atoms with E-state index in [1.54, 1.807) is 19.1 Å². The molecule has 5 heteroatoms. The summed E-state index contributed by atoms with van der Waals surface area (Å²) in [6.45, 7) is 3.84. The summed E-state index contributed by atoms with van der Waals surface area (Å²) in [6, 6.07) is 16.0. The molecule has 0 saturated heterocycles. The fourth-order valence-corrected chi connectivity index (χ4v) is 1.90. The Hall–Kier alpha value is -2.69. The Kier molecular flexibility index (Phi) is 5.25. The van der Waals surface area contributed by atoms with Crippen molar-refractivity contribution in [2.75, 3.05) is 6.61 Å². The van der Waals surface area contributed by atoms with Crippen LogP contribution in [0.5, 0.6) is 11.5 Å². The second-order valence-electron chi connectivity index (χ2n) is 4.99. The van der Waals surface area contributed by atoms with E-state index in [2.05, 4.69) is 0 Å². The number of hydrogen-bond acceptors (Lipinski definition) is 3. The number of hydroxylamine groups is 2. The third kappa shape index (κ3) is 4.41. The van der Waals surface area contributed by atoms with Crippen molar-refractivity contribution in [3.8, 4) is 11.5 Å². The number of ether oxygens (including phenoxy) is 1. The maximum Gasteiger partial charge on any atom is 0.441 e. The molecule has 1 atom stereocenters. The van der Waals surface area contributed by atoms with Crippen LogP contribution in [0.1, 0.15) is 12.5 Å². The van der Waals surface area contributed by atoms with Crippen LogP contribution in [0.15, 0.2) is 54.6 Å². The summed E-state index contributed by atoms with van der Waals surface area (Å²) in [6.07, 6.45) is -1.16. The first-order valence-electron chi connectivity index (χ1n) is 7.01. The zero-order valence-corrected chi connectivity index (χ0v) is 12.6. The van der Waals surface area contributed by atoms with Crippen LogP contribution < -0.4 is 9.57 Å². The van der Waals surface area contributed by atoms with Gasteiger partial charge in [-0.1, -0.05) is 30.3 Å². The van der Waals surface area contributed by atoms with Crippen LogP contribution in [0.4, 0.5) is 4.79 Å². The quantitative estimate of drug-likeness (QED) is 0.826. The van der Waals surface area contributed by atoms with Crippen LogP contribution in [0.25, 0.3) is 0 Å². The number of carbonyl (C=O) groups is 1. The summed E-state index contributed by atoms with van der Waals surface area (Å²) in [5.41, 5.74) is 0.996. The standard InChI is InChI=1S/C17H19NO4/c1-13-7-6-10-16(11-13)22-18(17(19)20)14(2)12-21-15-8-4-3-5-9-15/h3-11,14H,12H2,1-2H3,(H,19,20). The van der Waals surface area contributed by atoms with Gasteiger partial charge in [0.25, 0.3) is 0 Å². The SMILES string of the molecule is Cc1cccc(ON(C(=O)O)C(C)COc2ccccc2)c1. The van der Waals surface area contributed by atoms with Crippen LogP contribution >= 0.6 is 0 Å². The Morgan fingerprint density at radius 3 is 2.45 bits per heavy atom. The Morgan fingerprint density at radius 1 is 1.14 bits per heavy atom. The minimum absolute atomic E-state index is 0.197. The molecule has 0 aliphatic heterocycles. The van der Waals surface area contributed by atoms with Crippen molar-refractivity contribution in [1.82, 2.24) is 5.06 Å². The molecule has 2 rings (SSSR count). The predicted octanol–water partition coefficient (Wildman–Crippen LogP) is 3.74. The first-order valence-corrected chi connectivity index (χ1v) is 7.01. The highest BCUT2D eigenvalue weighted by Gasteiger charge is 2.22. The number of para-hydroxylation sites is 1. The fourth-order valence-electron chi connectivity index (χ4n) is 1.90. The highest BCUT2D eigenvalue weighted by molar-refractivity contribution is 5.64. The average Bonchev–Trinajstić information content (AvgIpc) is 2.51. The zero-order chi connectivity index (χ0) is 15.9. The zero-order valence-electron chi connectivity index (χ0n) is 12.6. The summed E-state index contributed by atoms with van der Waals surface area (Å²) in [4.78, 5) is 16.8. The molecule has 0 aliphatic carbocycles. The Morgan fingerprint density at radius 2 is 1.82 bits per heavy atom. The Labute approximate surface area is 129 Å². The fraction of sp³-hybridized carbons (Fsp3) is 0.235. The molecule has 5 nitrogen and oxygen atoms in total. The smallest absolute Gasteiger partial charge is 0.441 e. The van der Waals surface area contributed by atoms with Gasteiger partial charge in [0.05, 0.1) is 0 Å². The number of benzene rings is 2. The molecule has 0 spiro atoms. The summed E-state index contributed by atoms with van der Waals surface area (Å²) in [7, 11) is 0. The minimum atomic E-state index is -1.16. The van der Waals surface area contributed by atoms with Crippen LogP contribution in [-0.4, -0.2) is 28.9 Å². The lowest BCUT2D eigenvalue weighted by atomic mass is 10.2. The maximum absolute atomic E-state index is 11.4. The van der Waals surface area contributed by atoms with E-state index in [-0.39, 0.29) is 6.61 Å². The van der Waals surface area contributed by atoms with Crippen molar-refractivity contribution in [2.45, 2.75) is 19.9 Å². The molecule has 0 aromatic heterocycles. The Bertz CT molecular complexity index is 615. The van der Waals surface area contributed by atoms with Crippen molar-refractivity contribution < 1.29 is 19.5 Å². The van der Waals surface area contributed by atoms with Crippen molar-refractivity contribution in [3.05, 3.63) is 60.2 Å². The lowest BCUT2D eigenvalue weighted by molar-refractivity contribution is -0.0733. The molecule has 0 bridgehead atoms. The molecule has 0 aliphatic rings. The summed E-state index contributed by atoms with van der Waals surface area (Å²) >= 11 is 0. The second kappa shape index (κ2) is 7.36. The highest BCUT2D eigenvalue weighted by atomic mass is 16.7. The average molecular weight is 301 g/mol. The van der Waals surface area contributed by atoms with E-state index < -0.39 is 12.1 Å². The molecule has 22 heavy (non-hydrogen) atoms. The van der Waals surface area contributed by atoms with Gasteiger partial charge in [0.1, 0.15) is 18.4 Å². The summed E-state index contributed by atoms with van der Waals surface area (Å²) in [5.74, 6) is 1.17. The van der Waals surface area contributed by atoms with Crippen molar-refractivity contribution in [1.29, 1.82) is 0 Å². The van der Waals surface area contributed by atoms with Gasteiger partial charge in [0.15, 0.2) is 5.75 Å². The van der Waals surface area contributed by atoms with Crippen LogP contribution in [-0.2, 0) is 0 Å². The van der Waals surface area contributed by atoms with E-state index in [1.165, 1.54) is 0 Å². The molecule has 0 saturated carbocycles. The maximum atomic E-state index is 11.4. The minimum Gasteiger partial charge on any atom is -0.491 e. The molecule has 2 aromatic rings. The molecule has 0 fully saturated rings. The summed E-state index contributed by atoms with van der Waals surface area (Å²) in [5, 5.41) is 10.2. The normalized spacial score (nSPS) is 11.5. The van der Waals surface area contributed by atoms with Gasteiger partial charge in [0.2, 0.25) is 0 Å². The number of aryl methyl sites for hydroxylation is 1. The first kappa shape index (κ1) is 15.7. The van der Waals surface area contributed by atoms with Gasteiger partial charge in [-0.05, 0) is 43.7 Å². The van der Waals surface area contributed by atoms with Gasteiger partial charge in [-0.15, -0.1) is 5.06 Å². The molecule has 2 aromatic carbocycles. The van der Waals surface area contributed by atoms with Crippen molar-refractivity contribution in [3.63, 3.8) is 0 Å². The van der Waals surface area contributed by atoms with E-state index in [9.17, 15) is 9.90 Å². The first-order chi connectivity index (χ1) is 10.6. The van der Waals surface area contributed by atoms with Crippen molar-refractivity contribution >= 4 is 6.09 Å². The van der Waals surface area contributed by atoms with E-state index in [4.69, 9.17) is 9.57 Å². The lowest BCUT2D eigenvalue weighted by Crippen LogP contribution is -2.43. The molecule has 1 N–H and O–H groups in total. The number of hydrogen-bond donors (Lipinski definition) is 1. The predicted molar refractivity (Wildman–Crippen MR) is 83.1 cm³/mol. The van der Waals surface area contributed by atoms with Crippen LogP contribution in [0.3, 0.4) is 0 Å². The molecule has 0 radical (unpaired) electrons. The van der Waals surface area contributed by atoms with E-state index in [0.29, 0.717) is 11.5 Å². The molecule has 1 unspecified atom stereocenters. The van der Waals surface area contributed by atoms with E-state index in [1.807, 2.05) is 49.4 Å². The van der Waals surface area contributed by atoms with Gasteiger partial charge in [-0.25, -0.2) is 4.79 Å². The number of carboxylic acid groups (broad SMARTS) is 1. The third-order valence-electron chi connectivity index (χ3n) is 3.02.